The monoisotopic (exact) mass is 472 g/mol. The lowest BCUT2D eigenvalue weighted by atomic mass is 10.1. The van der Waals surface area contributed by atoms with Crippen LogP contribution in [0, 0.1) is 0 Å². The van der Waals surface area contributed by atoms with Crippen molar-refractivity contribution in [1.82, 2.24) is 14.8 Å². The molecule has 1 unspecified atom stereocenters. The molecule has 1 atom stereocenters. The lowest BCUT2D eigenvalue weighted by Gasteiger charge is -2.17. The van der Waals surface area contributed by atoms with Crippen molar-refractivity contribution in [2.75, 3.05) is 5.32 Å². The molecule has 11 heteroatoms. The Morgan fingerprint density at radius 1 is 1.26 bits per heavy atom. The number of carbonyl (C=O) groups is 1. The first-order chi connectivity index (χ1) is 14.6. The van der Waals surface area contributed by atoms with Gasteiger partial charge in [0.1, 0.15) is 11.6 Å². The van der Waals surface area contributed by atoms with Crippen LogP contribution < -0.4 is 5.32 Å². The van der Waals surface area contributed by atoms with Crippen molar-refractivity contribution in [3.8, 4) is 0 Å². The molecule has 2 aromatic heterocycles. The van der Waals surface area contributed by atoms with Gasteiger partial charge in [0, 0.05) is 10.9 Å². The van der Waals surface area contributed by atoms with Crippen molar-refractivity contribution in [3.05, 3.63) is 58.8 Å². The van der Waals surface area contributed by atoms with E-state index in [1.54, 1.807) is 19.3 Å². The summed E-state index contributed by atoms with van der Waals surface area (Å²) in [5.74, 6) is 0.876. The van der Waals surface area contributed by atoms with Crippen LogP contribution in [-0.4, -0.2) is 25.9 Å². The molecule has 0 saturated heterocycles. The molecule has 0 aliphatic carbocycles. The van der Waals surface area contributed by atoms with Crippen LogP contribution in [0.2, 0.25) is 5.02 Å². The predicted molar refractivity (Wildman–Crippen MR) is 112 cm³/mol. The van der Waals surface area contributed by atoms with Crippen LogP contribution in [0.15, 0.2) is 46.2 Å². The zero-order valence-corrected chi connectivity index (χ0v) is 18.5. The van der Waals surface area contributed by atoms with Gasteiger partial charge in [0.15, 0.2) is 5.16 Å². The number of benzene rings is 1. The third-order valence-electron chi connectivity index (χ3n) is 4.35. The van der Waals surface area contributed by atoms with Crippen molar-refractivity contribution < 1.29 is 22.4 Å². The minimum absolute atomic E-state index is 0.0695. The SMILES string of the molecule is CC(Sc1nnc(C(C)C)n1Cc1ccco1)C(=O)Nc1ccc(Cl)cc1C(F)(F)F. The quantitative estimate of drug-likeness (QED) is 0.438. The van der Waals surface area contributed by atoms with E-state index in [0.717, 1.165) is 23.9 Å². The Morgan fingerprint density at radius 2 is 2.00 bits per heavy atom. The Balaban J connectivity index is 1.79. The number of anilines is 1. The summed E-state index contributed by atoms with van der Waals surface area (Å²) in [6.07, 6.45) is -3.10. The molecule has 31 heavy (non-hydrogen) atoms. The molecule has 2 heterocycles. The van der Waals surface area contributed by atoms with Gasteiger partial charge in [-0.1, -0.05) is 37.2 Å². The van der Waals surface area contributed by atoms with Crippen LogP contribution in [0.25, 0.3) is 0 Å². The number of amides is 1. The molecule has 1 N–H and O–H groups in total. The molecule has 1 aromatic carbocycles. The van der Waals surface area contributed by atoms with Gasteiger partial charge >= 0.3 is 6.18 Å². The Labute approximate surface area is 186 Å². The summed E-state index contributed by atoms with van der Waals surface area (Å²) in [7, 11) is 0. The molecule has 0 aliphatic rings. The second-order valence-electron chi connectivity index (χ2n) is 7.10. The molecule has 0 spiro atoms. The summed E-state index contributed by atoms with van der Waals surface area (Å²) in [5.41, 5.74) is -1.36. The molecule has 1 amide bonds. The van der Waals surface area contributed by atoms with Crippen molar-refractivity contribution in [2.24, 2.45) is 0 Å². The molecule has 6 nitrogen and oxygen atoms in total. The van der Waals surface area contributed by atoms with E-state index in [0.29, 0.717) is 23.3 Å². The van der Waals surface area contributed by atoms with Gasteiger partial charge in [0.25, 0.3) is 0 Å². The highest BCUT2D eigenvalue weighted by Crippen LogP contribution is 2.37. The van der Waals surface area contributed by atoms with Gasteiger partial charge in [-0.2, -0.15) is 13.2 Å². The number of rotatable bonds is 7. The van der Waals surface area contributed by atoms with Crippen molar-refractivity contribution >= 4 is 35.0 Å². The van der Waals surface area contributed by atoms with E-state index in [4.69, 9.17) is 16.0 Å². The van der Waals surface area contributed by atoms with E-state index in [-0.39, 0.29) is 16.6 Å². The van der Waals surface area contributed by atoms with Gasteiger partial charge < -0.3 is 9.73 Å². The summed E-state index contributed by atoms with van der Waals surface area (Å²) in [6, 6.07) is 6.79. The standard InChI is InChI=1S/C20H20ClF3N4O2S/c1-11(2)17-26-27-19(28(17)10-14-5-4-8-30-14)31-12(3)18(29)25-16-7-6-13(21)9-15(16)20(22,23)24/h4-9,11-12H,10H2,1-3H3,(H,25,29). The van der Waals surface area contributed by atoms with Crippen LogP contribution >= 0.6 is 23.4 Å². The lowest BCUT2D eigenvalue weighted by molar-refractivity contribution is -0.137. The number of carbonyl (C=O) groups excluding carboxylic acids is 1. The number of hydrogen-bond acceptors (Lipinski definition) is 5. The molecule has 0 bridgehead atoms. The first kappa shape index (κ1) is 23.2. The van der Waals surface area contributed by atoms with Gasteiger partial charge in [0.2, 0.25) is 5.91 Å². The summed E-state index contributed by atoms with van der Waals surface area (Å²) in [4.78, 5) is 12.6. The molecule has 3 aromatic rings. The molecule has 166 valence electrons. The molecular weight excluding hydrogens is 453 g/mol. The molecule has 0 fully saturated rings. The fourth-order valence-corrected chi connectivity index (χ4v) is 3.85. The highest BCUT2D eigenvalue weighted by Gasteiger charge is 2.34. The van der Waals surface area contributed by atoms with Crippen LogP contribution in [0.3, 0.4) is 0 Å². The Morgan fingerprint density at radius 3 is 2.61 bits per heavy atom. The third kappa shape index (κ3) is 5.62. The zero-order chi connectivity index (χ0) is 22.8. The van der Waals surface area contributed by atoms with Crippen molar-refractivity contribution in [1.29, 1.82) is 0 Å². The highest BCUT2D eigenvalue weighted by atomic mass is 35.5. The lowest BCUT2D eigenvalue weighted by Crippen LogP contribution is -2.24. The predicted octanol–water partition coefficient (Wildman–Crippen LogP) is 5.83. The average Bonchev–Trinajstić information content (AvgIpc) is 3.33. The second kappa shape index (κ2) is 9.35. The van der Waals surface area contributed by atoms with Crippen molar-refractivity contribution in [2.45, 2.75) is 49.8 Å². The van der Waals surface area contributed by atoms with E-state index < -0.39 is 22.9 Å². The van der Waals surface area contributed by atoms with Crippen LogP contribution in [0.5, 0.6) is 0 Å². The van der Waals surface area contributed by atoms with E-state index >= 15 is 0 Å². The van der Waals surface area contributed by atoms with Gasteiger partial charge in [-0.05, 0) is 37.3 Å². The topological polar surface area (TPSA) is 73.0 Å². The maximum atomic E-state index is 13.3. The summed E-state index contributed by atoms with van der Waals surface area (Å²) in [6.45, 7) is 5.89. The van der Waals surface area contributed by atoms with Gasteiger partial charge in [-0.25, -0.2) is 0 Å². The number of alkyl halides is 3. The fourth-order valence-electron chi connectivity index (χ4n) is 2.83. The first-order valence-corrected chi connectivity index (χ1v) is 10.6. The van der Waals surface area contributed by atoms with Gasteiger partial charge in [-0.15, -0.1) is 10.2 Å². The normalized spacial score (nSPS) is 12.9. The molecule has 0 saturated carbocycles. The van der Waals surface area contributed by atoms with Gasteiger partial charge in [0.05, 0.1) is 29.3 Å². The van der Waals surface area contributed by atoms with Crippen LogP contribution in [0.4, 0.5) is 18.9 Å². The third-order valence-corrected chi connectivity index (χ3v) is 5.67. The number of hydrogen-bond donors (Lipinski definition) is 1. The molecular formula is C20H20ClF3N4O2S. The first-order valence-electron chi connectivity index (χ1n) is 9.36. The maximum absolute atomic E-state index is 13.3. The number of halogens is 4. The minimum atomic E-state index is -4.65. The maximum Gasteiger partial charge on any atom is 0.418 e. The van der Waals surface area contributed by atoms with E-state index in [1.165, 1.54) is 6.07 Å². The Hall–Kier alpha value is -2.46. The minimum Gasteiger partial charge on any atom is -0.467 e. The number of thioether (sulfide) groups is 1. The zero-order valence-electron chi connectivity index (χ0n) is 16.9. The van der Waals surface area contributed by atoms with E-state index in [1.807, 2.05) is 24.5 Å². The van der Waals surface area contributed by atoms with Crippen LogP contribution in [0.1, 0.15) is 43.8 Å². The summed E-state index contributed by atoms with van der Waals surface area (Å²) >= 11 is 6.79. The summed E-state index contributed by atoms with van der Waals surface area (Å²) < 4.78 is 47.1. The highest BCUT2D eigenvalue weighted by molar-refractivity contribution is 8.00. The fraction of sp³-hybridized carbons (Fsp3) is 0.350. The number of aromatic nitrogens is 3. The largest absolute Gasteiger partial charge is 0.467 e. The number of nitrogens with one attached hydrogen (secondary N) is 1. The Kier molecular flexibility index (Phi) is 7.00. The summed E-state index contributed by atoms with van der Waals surface area (Å²) in [5, 5.41) is 10.4. The van der Waals surface area contributed by atoms with Gasteiger partial charge in [-0.3, -0.25) is 9.36 Å². The number of furan rings is 1. The van der Waals surface area contributed by atoms with Crippen LogP contribution in [-0.2, 0) is 17.5 Å². The number of nitrogens with zero attached hydrogens (tertiary/aromatic N) is 3. The molecule has 3 rings (SSSR count). The molecule has 0 radical (unpaired) electrons. The van der Waals surface area contributed by atoms with E-state index in [9.17, 15) is 18.0 Å². The van der Waals surface area contributed by atoms with E-state index in [2.05, 4.69) is 15.5 Å². The smallest absolute Gasteiger partial charge is 0.418 e. The molecule has 0 aliphatic heterocycles. The Bertz CT molecular complexity index is 1050. The van der Waals surface area contributed by atoms with Crippen molar-refractivity contribution in [3.63, 3.8) is 0 Å². The second-order valence-corrected chi connectivity index (χ2v) is 8.84. The average molecular weight is 473 g/mol.